The molecule has 0 radical (unpaired) electrons. The number of benzene rings is 2. The van der Waals surface area contributed by atoms with Crippen LogP contribution in [0.4, 0.5) is 5.95 Å². The maximum atomic E-state index is 11.9. The number of aromatic nitrogens is 2. The first-order valence-electron chi connectivity index (χ1n) is 11.4. The van der Waals surface area contributed by atoms with Crippen LogP contribution >= 0.6 is 23.2 Å². The Balaban J connectivity index is 1.44. The predicted octanol–water partition coefficient (Wildman–Crippen LogP) is 5.36. The van der Waals surface area contributed by atoms with Gasteiger partial charge in [-0.15, -0.1) is 0 Å². The van der Waals surface area contributed by atoms with Crippen molar-refractivity contribution in [2.45, 2.75) is 25.4 Å². The van der Waals surface area contributed by atoms with E-state index in [1.807, 2.05) is 18.2 Å². The fraction of sp³-hybridized carbons (Fsp3) is 0.346. The third kappa shape index (κ3) is 4.17. The molecule has 1 heterocycles. The number of ether oxygens (including phenoxy) is 2. The topological polar surface area (TPSA) is 85.4 Å². The van der Waals surface area contributed by atoms with Crippen LogP contribution in [0.2, 0.25) is 10.0 Å². The Morgan fingerprint density at radius 1 is 1.17 bits per heavy atom. The number of halogens is 2. The van der Waals surface area contributed by atoms with E-state index < -0.39 is 0 Å². The van der Waals surface area contributed by atoms with Gasteiger partial charge in [0.1, 0.15) is 11.5 Å². The molecule has 1 amide bonds. The van der Waals surface area contributed by atoms with Crippen LogP contribution in [0.15, 0.2) is 43.1 Å². The second kappa shape index (κ2) is 9.21. The van der Waals surface area contributed by atoms with E-state index >= 15 is 0 Å². The lowest BCUT2D eigenvalue weighted by atomic mass is 10.0. The summed E-state index contributed by atoms with van der Waals surface area (Å²) in [5, 5.41) is 8.17. The molecule has 2 aliphatic rings. The number of fused-ring (bicyclic) bond motifs is 2. The summed E-state index contributed by atoms with van der Waals surface area (Å²) in [6.45, 7) is 5.81. The van der Waals surface area contributed by atoms with Gasteiger partial charge in [-0.2, -0.15) is 0 Å². The molecule has 2 N–H and O–H groups in total. The van der Waals surface area contributed by atoms with Gasteiger partial charge in [0.15, 0.2) is 0 Å². The molecule has 1 aromatic heterocycles. The molecule has 182 valence electrons. The monoisotopic (exact) mass is 512 g/mol. The lowest BCUT2D eigenvalue weighted by Crippen LogP contribution is -2.45. The molecule has 0 spiro atoms. The number of methoxy groups -OCH3 is 2. The van der Waals surface area contributed by atoms with Gasteiger partial charge < -0.3 is 20.1 Å². The number of carbonyl (C=O) groups excluding carboxylic acids is 1. The Morgan fingerprint density at radius 2 is 1.89 bits per heavy atom. The summed E-state index contributed by atoms with van der Waals surface area (Å²) in [4.78, 5) is 21.2. The minimum atomic E-state index is -0.158. The van der Waals surface area contributed by atoms with E-state index in [1.165, 1.54) is 6.08 Å². The normalized spacial score (nSPS) is 24.5. The van der Waals surface area contributed by atoms with E-state index in [2.05, 4.69) is 29.1 Å². The largest absolute Gasteiger partial charge is 0.495 e. The zero-order valence-electron chi connectivity index (χ0n) is 19.6. The van der Waals surface area contributed by atoms with Crippen LogP contribution < -0.4 is 20.1 Å². The van der Waals surface area contributed by atoms with E-state index in [9.17, 15) is 4.79 Å². The van der Waals surface area contributed by atoms with Gasteiger partial charge in [-0.25, -0.2) is 9.97 Å². The van der Waals surface area contributed by atoms with Crippen molar-refractivity contribution in [3.8, 4) is 22.6 Å². The molecule has 2 fully saturated rings. The summed E-state index contributed by atoms with van der Waals surface area (Å²) in [5.41, 5.74) is 2.19. The maximum Gasteiger partial charge on any atom is 0.243 e. The highest BCUT2D eigenvalue weighted by Gasteiger charge is 2.59. The first-order valence-corrected chi connectivity index (χ1v) is 12.2. The number of nitrogens with zero attached hydrogens (tertiary/aromatic N) is 2. The average molecular weight is 513 g/mol. The Labute approximate surface area is 213 Å². The van der Waals surface area contributed by atoms with E-state index in [-0.39, 0.29) is 18.0 Å². The summed E-state index contributed by atoms with van der Waals surface area (Å²) in [5.74, 6) is 3.06. The molecule has 2 aliphatic carbocycles. The van der Waals surface area contributed by atoms with Gasteiger partial charge in [-0.3, -0.25) is 4.79 Å². The summed E-state index contributed by atoms with van der Waals surface area (Å²) in [7, 11) is 3.09. The number of hydrogen-bond donors (Lipinski definition) is 2. The Hall–Kier alpha value is -3.03. The average Bonchev–Trinajstić information content (AvgIpc) is 3.34. The van der Waals surface area contributed by atoms with Crippen molar-refractivity contribution in [3.63, 3.8) is 0 Å². The van der Waals surface area contributed by atoms with Crippen molar-refractivity contribution >= 4 is 46.0 Å². The summed E-state index contributed by atoms with van der Waals surface area (Å²) in [6.07, 6.45) is 4.03. The van der Waals surface area contributed by atoms with Crippen LogP contribution in [0.25, 0.3) is 22.0 Å². The van der Waals surface area contributed by atoms with E-state index in [0.29, 0.717) is 50.8 Å². The number of rotatable bonds is 7. The molecule has 2 aromatic carbocycles. The molecule has 9 heteroatoms. The summed E-state index contributed by atoms with van der Waals surface area (Å²) >= 11 is 13.2. The van der Waals surface area contributed by atoms with Crippen LogP contribution in [0, 0.1) is 17.8 Å². The summed E-state index contributed by atoms with van der Waals surface area (Å²) < 4.78 is 10.8. The highest BCUT2D eigenvalue weighted by molar-refractivity contribution is 6.41. The molecular formula is C26H26Cl2N4O3. The first kappa shape index (κ1) is 23.7. The molecule has 2 saturated carbocycles. The van der Waals surface area contributed by atoms with Gasteiger partial charge in [0, 0.05) is 29.3 Å². The van der Waals surface area contributed by atoms with Crippen molar-refractivity contribution in [3.05, 3.63) is 53.2 Å². The molecule has 1 unspecified atom stereocenters. The first-order chi connectivity index (χ1) is 16.9. The van der Waals surface area contributed by atoms with Crippen LogP contribution in [0.3, 0.4) is 0 Å². The van der Waals surface area contributed by atoms with Gasteiger partial charge in [-0.05, 0) is 47.9 Å². The van der Waals surface area contributed by atoms with E-state index in [1.54, 1.807) is 26.5 Å². The number of amides is 1. The molecule has 7 nitrogen and oxygen atoms in total. The molecule has 0 saturated heterocycles. The third-order valence-electron chi connectivity index (χ3n) is 7.26. The minimum Gasteiger partial charge on any atom is -0.495 e. The quantitative estimate of drug-likeness (QED) is 0.414. The standard InChI is InChI=1S/C26H26Cl2N4O3/c1-5-20(33)30-17-9-15-12(2)21(15)25(17)32-26-29-11-14-8-13(6-7-16(14)31-26)22-23(27)18(34-3)10-19(35-4)24(22)28/h5-8,10-12,15,17,21,25H,1,9H2,2-4H3,(H,30,33)(H,29,31,32)/t12-,15?,17-,21-,25-/m0/s1. The van der Waals surface area contributed by atoms with E-state index in [0.717, 1.165) is 22.9 Å². The Kier molecular flexibility index (Phi) is 6.23. The molecule has 5 atom stereocenters. The fourth-order valence-corrected chi connectivity index (χ4v) is 6.11. The molecule has 3 aromatic rings. The van der Waals surface area contributed by atoms with Crippen molar-refractivity contribution in [1.29, 1.82) is 0 Å². The molecule has 0 bridgehead atoms. The molecule has 0 aliphatic heterocycles. The Bertz CT molecular complexity index is 1300. The van der Waals surface area contributed by atoms with Gasteiger partial charge >= 0.3 is 0 Å². The maximum absolute atomic E-state index is 11.9. The predicted molar refractivity (Wildman–Crippen MR) is 138 cm³/mol. The number of nitrogens with one attached hydrogen (secondary N) is 2. The fourth-order valence-electron chi connectivity index (χ4n) is 5.39. The van der Waals surface area contributed by atoms with Gasteiger partial charge in [0.2, 0.25) is 11.9 Å². The second-order valence-corrected chi connectivity index (χ2v) is 9.83. The van der Waals surface area contributed by atoms with Crippen LogP contribution in [0.1, 0.15) is 13.3 Å². The van der Waals surface area contributed by atoms with Crippen LogP contribution in [0.5, 0.6) is 11.5 Å². The van der Waals surface area contributed by atoms with Crippen LogP contribution in [-0.4, -0.2) is 42.2 Å². The van der Waals surface area contributed by atoms with Gasteiger partial charge in [-0.1, -0.05) is 42.8 Å². The summed E-state index contributed by atoms with van der Waals surface area (Å²) in [6, 6.07) is 7.53. The number of hydrogen-bond acceptors (Lipinski definition) is 6. The smallest absolute Gasteiger partial charge is 0.243 e. The lowest BCUT2D eigenvalue weighted by molar-refractivity contribution is -0.117. The molecule has 35 heavy (non-hydrogen) atoms. The van der Waals surface area contributed by atoms with Gasteiger partial charge in [0.05, 0.1) is 35.8 Å². The van der Waals surface area contributed by atoms with Crippen molar-refractivity contribution in [2.75, 3.05) is 19.5 Å². The number of anilines is 1. The van der Waals surface area contributed by atoms with Crippen molar-refractivity contribution in [1.82, 2.24) is 15.3 Å². The minimum absolute atomic E-state index is 0.0284. The molecule has 5 rings (SSSR count). The highest BCUT2D eigenvalue weighted by atomic mass is 35.5. The van der Waals surface area contributed by atoms with Crippen LogP contribution in [-0.2, 0) is 4.79 Å². The lowest BCUT2D eigenvalue weighted by Gasteiger charge is -2.25. The van der Waals surface area contributed by atoms with Crippen molar-refractivity contribution < 1.29 is 14.3 Å². The second-order valence-electron chi connectivity index (χ2n) is 9.08. The zero-order chi connectivity index (χ0) is 24.9. The van der Waals surface area contributed by atoms with Crippen molar-refractivity contribution in [2.24, 2.45) is 17.8 Å². The Morgan fingerprint density at radius 3 is 2.54 bits per heavy atom. The third-order valence-corrected chi connectivity index (χ3v) is 8.01. The molecular weight excluding hydrogens is 487 g/mol. The zero-order valence-corrected chi connectivity index (χ0v) is 21.2. The SMILES string of the molecule is C=CC(=O)N[C@H]1CC2[C@@H]([C@H]1Nc1ncc3cc(-c4c(Cl)c(OC)cc(OC)c4Cl)ccc3n1)[C@H]2C. The van der Waals surface area contributed by atoms with E-state index in [4.69, 9.17) is 37.7 Å². The number of carbonyl (C=O) groups is 1. The highest BCUT2D eigenvalue weighted by Crippen LogP contribution is 2.57. The van der Waals surface area contributed by atoms with Gasteiger partial charge in [0.25, 0.3) is 0 Å².